The van der Waals surface area contributed by atoms with Crippen molar-refractivity contribution in [3.8, 4) is 0 Å². The van der Waals surface area contributed by atoms with Crippen molar-refractivity contribution in [2.75, 3.05) is 0 Å². The van der Waals surface area contributed by atoms with Gasteiger partial charge in [-0.2, -0.15) is 0 Å². The molecular weight excluding hydrogens is 150 g/mol. The third kappa shape index (κ3) is 1.38. The molecule has 0 aromatic carbocycles. The van der Waals surface area contributed by atoms with Crippen molar-refractivity contribution >= 4 is 0 Å². The van der Waals surface area contributed by atoms with Crippen molar-refractivity contribution in [1.29, 1.82) is 0 Å². The summed E-state index contributed by atoms with van der Waals surface area (Å²) in [6.45, 7) is 10.6. The maximum atomic E-state index is 5.93. The van der Waals surface area contributed by atoms with Gasteiger partial charge >= 0.3 is 0 Å². The number of hydrogen-bond donors (Lipinski definition) is 1. The first kappa shape index (κ1) is 10.0. The highest BCUT2D eigenvalue weighted by Gasteiger charge is 2.54. The Labute approximate surface area is 75.5 Å². The second-order valence-corrected chi connectivity index (χ2v) is 4.94. The van der Waals surface area contributed by atoms with Gasteiger partial charge in [0.1, 0.15) is 0 Å². The van der Waals surface area contributed by atoms with Crippen LogP contribution in [0.5, 0.6) is 0 Å². The molecule has 1 rings (SSSR count). The van der Waals surface area contributed by atoms with Gasteiger partial charge in [-0.15, -0.1) is 0 Å². The van der Waals surface area contributed by atoms with Crippen LogP contribution in [-0.2, 0) is 4.74 Å². The molecule has 0 spiro atoms. The minimum atomic E-state index is -0.0660. The quantitative estimate of drug-likeness (QED) is 0.689. The van der Waals surface area contributed by atoms with Gasteiger partial charge in [0.25, 0.3) is 0 Å². The van der Waals surface area contributed by atoms with E-state index in [1.54, 1.807) is 0 Å². The van der Waals surface area contributed by atoms with Crippen molar-refractivity contribution in [3.63, 3.8) is 0 Å². The van der Waals surface area contributed by atoms with Crippen LogP contribution in [0.3, 0.4) is 0 Å². The highest BCUT2D eigenvalue weighted by atomic mass is 16.6. The van der Waals surface area contributed by atoms with Crippen LogP contribution < -0.4 is 5.73 Å². The van der Waals surface area contributed by atoms with Crippen LogP contribution in [0.2, 0.25) is 0 Å². The summed E-state index contributed by atoms with van der Waals surface area (Å²) < 4.78 is 5.91. The van der Waals surface area contributed by atoms with E-state index in [2.05, 4.69) is 27.7 Å². The average molecular weight is 171 g/mol. The summed E-state index contributed by atoms with van der Waals surface area (Å²) in [4.78, 5) is 0. The van der Waals surface area contributed by atoms with E-state index in [4.69, 9.17) is 10.5 Å². The summed E-state index contributed by atoms with van der Waals surface area (Å²) in [6.07, 6.45) is 1.08. The van der Waals surface area contributed by atoms with Gasteiger partial charge in [0.15, 0.2) is 0 Å². The van der Waals surface area contributed by atoms with Crippen LogP contribution in [0.25, 0.3) is 0 Å². The molecule has 1 heterocycles. The molecule has 0 bridgehead atoms. The summed E-state index contributed by atoms with van der Waals surface area (Å²) in [6, 6.07) is 0.130. The second kappa shape index (κ2) is 2.71. The molecule has 1 fully saturated rings. The molecule has 0 radical (unpaired) electrons. The Balaban J connectivity index is 2.69. The SMILES string of the molecule is CC(C)C1(C(C)N)CC(C)(C)O1. The lowest BCUT2D eigenvalue weighted by Gasteiger charge is -2.58. The first-order chi connectivity index (χ1) is 5.30. The van der Waals surface area contributed by atoms with Crippen LogP contribution >= 0.6 is 0 Å². The van der Waals surface area contributed by atoms with E-state index in [0.717, 1.165) is 6.42 Å². The van der Waals surface area contributed by atoms with E-state index in [1.807, 2.05) is 6.92 Å². The van der Waals surface area contributed by atoms with Crippen molar-refractivity contribution in [2.45, 2.75) is 58.3 Å². The van der Waals surface area contributed by atoms with Gasteiger partial charge in [-0.1, -0.05) is 13.8 Å². The van der Waals surface area contributed by atoms with Gasteiger partial charge in [0.05, 0.1) is 11.2 Å². The molecule has 0 saturated carbocycles. The summed E-state index contributed by atoms with van der Waals surface area (Å²) >= 11 is 0. The van der Waals surface area contributed by atoms with Crippen molar-refractivity contribution in [2.24, 2.45) is 11.7 Å². The van der Waals surface area contributed by atoms with E-state index in [9.17, 15) is 0 Å². The minimum Gasteiger partial charge on any atom is -0.367 e. The minimum absolute atomic E-state index is 0.0396. The number of rotatable bonds is 2. The van der Waals surface area contributed by atoms with Gasteiger partial charge < -0.3 is 10.5 Å². The predicted molar refractivity (Wildman–Crippen MR) is 51.0 cm³/mol. The Morgan fingerprint density at radius 2 is 1.67 bits per heavy atom. The molecule has 1 aliphatic heterocycles. The number of ether oxygens (including phenoxy) is 1. The van der Waals surface area contributed by atoms with Crippen LogP contribution in [-0.4, -0.2) is 17.2 Å². The Morgan fingerprint density at radius 3 is 1.75 bits per heavy atom. The van der Waals surface area contributed by atoms with Gasteiger partial charge in [0, 0.05) is 12.5 Å². The lowest BCUT2D eigenvalue weighted by Crippen LogP contribution is -2.67. The molecule has 0 aromatic heterocycles. The zero-order chi connectivity index (χ0) is 9.57. The highest BCUT2D eigenvalue weighted by molar-refractivity contribution is 5.05. The molecule has 2 atom stereocenters. The first-order valence-corrected chi connectivity index (χ1v) is 4.76. The maximum Gasteiger partial charge on any atom is 0.0887 e. The highest BCUT2D eigenvalue weighted by Crippen LogP contribution is 2.47. The van der Waals surface area contributed by atoms with E-state index in [1.165, 1.54) is 0 Å². The van der Waals surface area contributed by atoms with Crippen LogP contribution in [0, 0.1) is 5.92 Å². The zero-order valence-electron chi connectivity index (χ0n) is 8.85. The van der Waals surface area contributed by atoms with E-state index in [0.29, 0.717) is 5.92 Å². The molecule has 2 unspecified atom stereocenters. The zero-order valence-corrected chi connectivity index (χ0v) is 8.85. The van der Waals surface area contributed by atoms with Gasteiger partial charge in [-0.3, -0.25) is 0 Å². The molecular formula is C10H21NO. The topological polar surface area (TPSA) is 35.2 Å². The van der Waals surface area contributed by atoms with Crippen LogP contribution in [0.15, 0.2) is 0 Å². The molecule has 0 aromatic rings. The molecule has 0 amide bonds. The molecule has 2 heteroatoms. The van der Waals surface area contributed by atoms with Crippen LogP contribution in [0.1, 0.15) is 41.0 Å². The van der Waals surface area contributed by atoms with Crippen molar-refractivity contribution in [1.82, 2.24) is 0 Å². The van der Waals surface area contributed by atoms with Crippen molar-refractivity contribution < 1.29 is 4.74 Å². The Hall–Kier alpha value is -0.0800. The third-order valence-electron chi connectivity index (χ3n) is 2.92. The molecule has 72 valence electrons. The molecule has 0 aliphatic carbocycles. The summed E-state index contributed by atoms with van der Waals surface area (Å²) in [5.74, 6) is 0.505. The Kier molecular flexibility index (Phi) is 2.26. The van der Waals surface area contributed by atoms with E-state index in [-0.39, 0.29) is 17.2 Å². The lowest BCUT2D eigenvalue weighted by molar-refractivity contribution is -0.282. The summed E-state index contributed by atoms with van der Waals surface area (Å²) in [7, 11) is 0. The summed E-state index contributed by atoms with van der Waals surface area (Å²) in [5.41, 5.74) is 5.90. The maximum absolute atomic E-state index is 5.93. The number of nitrogens with two attached hydrogens (primary N) is 1. The fourth-order valence-corrected chi connectivity index (χ4v) is 2.27. The van der Waals surface area contributed by atoms with Gasteiger partial charge in [0.2, 0.25) is 0 Å². The lowest BCUT2D eigenvalue weighted by atomic mass is 9.70. The standard InChI is InChI=1S/C10H21NO/c1-7(2)10(8(3)11)6-9(4,5)12-10/h7-8H,6,11H2,1-5H3. The third-order valence-corrected chi connectivity index (χ3v) is 2.92. The smallest absolute Gasteiger partial charge is 0.0887 e. The predicted octanol–water partition coefficient (Wildman–Crippen LogP) is 1.93. The van der Waals surface area contributed by atoms with Gasteiger partial charge in [-0.05, 0) is 26.7 Å². The molecule has 1 saturated heterocycles. The normalized spacial score (nSPS) is 36.2. The molecule has 1 aliphatic rings. The largest absolute Gasteiger partial charge is 0.367 e. The fourth-order valence-electron chi connectivity index (χ4n) is 2.27. The van der Waals surface area contributed by atoms with E-state index >= 15 is 0 Å². The monoisotopic (exact) mass is 171 g/mol. The molecule has 12 heavy (non-hydrogen) atoms. The Morgan fingerprint density at radius 1 is 1.25 bits per heavy atom. The van der Waals surface area contributed by atoms with E-state index < -0.39 is 0 Å². The first-order valence-electron chi connectivity index (χ1n) is 4.76. The average Bonchev–Trinajstić information content (AvgIpc) is 1.80. The molecule has 2 N–H and O–H groups in total. The molecule has 2 nitrogen and oxygen atoms in total. The van der Waals surface area contributed by atoms with Crippen molar-refractivity contribution in [3.05, 3.63) is 0 Å². The Bertz CT molecular complexity index is 155. The second-order valence-electron chi connectivity index (χ2n) is 4.94. The number of hydrogen-bond acceptors (Lipinski definition) is 2. The van der Waals surface area contributed by atoms with Gasteiger partial charge in [-0.25, -0.2) is 0 Å². The fraction of sp³-hybridized carbons (Fsp3) is 1.00. The summed E-state index contributed by atoms with van der Waals surface area (Å²) in [5, 5.41) is 0. The van der Waals surface area contributed by atoms with Crippen LogP contribution in [0.4, 0.5) is 0 Å².